The smallest absolute Gasteiger partial charge is 0.197 e. The summed E-state index contributed by atoms with van der Waals surface area (Å²) in [7, 11) is 0. The Balaban J connectivity index is 2.30. The van der Waals surface area contributed by atoms with E-state index >= 15 is 0 Å². The van der Waals surface area contributed by atoms with E-state index in [4.69, 9.17) is 17.3 Å². The van der Waals surface area contributed by atoms with Crippen molar-refractivity contribution in [1.29, 1.82) is 0 Å². The van der Waals surface area contributed by atoms with Crippen molar-refractivity contribution in [2.45, 2.75) is 10.2 Å². The molecule has 2 aromatic rings. The normalized spacial score (nSPS) is 10.4. The lowest BCUT2D eigenvalue weighted by Crippen LogP contribution is -1.95. The molecule has 0 atom stereocenters. The fourth-order valence-corrected chi connectivity index (χ4v) is 2.50. The van der Waals surface area contributed by atoms with Crippen molar-refractivity contribution < 1.29 is 0 Å². The molecule has 4 nitrogen and oxygen atoms in total. The SMILES string of the molecule is Nc1cc(Br)nc(Sc2ncccc2Cl)n1. The first kappa shape index (κ1) is 11.6. The fourth-order valence-electron chi connectivity index (χ4n) is 0.992. The summed E-state index contributed by atoms with van der Waals surface area (Å²) in [6.07, 6.45) is 1.66. The lowest BCUT2D eigenvalue weighted by molar-refractivity contribution is 0.951. The van der Waals surface area contributed by atoms with Gasteiger partial charge in [0.05, 0.1) is 5.02 Å². The predicted octanol–water partition coefficient (Wildman–Crippen LogP) is 3.02. The molecule has 0 radical (unpaired) electrons. The molecule has 0 aromatic carbocycles. The number of hydrogen-bond acceptors (Lipinski definition) is 5. The molecule has 0 unspecified atom stereocenters. The summed E-state index contributed by atoms with van der Waals surface area (Å²) >= 11 is 10.5. The molecule has 2 heterocycles. The average Bonchev–Trinajstić information content (AvgIpc) is 2.20. The van der Waals surface area contributed by atoms with Crippen LogP contribution in [0.4, 0.5) is 5.82 Å². The Hall–Kier alpha value is -0.850. The zero-order valence-electron chi connectivity index (χ0n) is 7.89. The van der Waals surface area contributed by atoms with Gasteiger partial charge in [0.1, 0.15) is 15.4 Å². The second-order valence-electron chi connectivity index (χ2n) is 2.79. The minimum absolute atomic E-state index is 0.399. The largest absolute Gasteiger partial charge is 0.384 e. The Labute approximate surface area is 110 Å². The second kappa shape index (κ2) is 4.99. The van der Waals surface area contributed by atoms with Gasteiger partial charge < -0.3 is 5.73 Å². The zero-order valence-corrected chi connectivity index (χ0v) is 11.1. The molecule has 0 aliphatic heterocycles. The van der Waals surface area contributed by atoms with Crippen LogP contribution >= 0.6 is 39.3 Å². The first-order valence-corrected chi connectivity index (χ1v) is 6.22. The Bertz CT molecular complexity index is 502. The molecule has 0 saturated heterocycles. The highest BCUT2D eigenvalue weighted by Crippen LogP contribution is 2.29. The topological polar surface area (TPSA) is 64.7 Å². The maximum atomic E-state index is 5.97. The van der Waals surface area contributed by atoms with Gasteiger partial charge in [-0.2, -0.15) is 0 Å². The van der Waals surface area contributed by atoms with Crippen LogP contribution in [0.1, 0.15) is 0 Å². The van der Waals surface area contributed by atoms with E-state index in [1.165, 1.54) is 11.8 Å². The van der Waals surface area contributed by atoms with Gasteiger partial charge in [-0.05, 0) is 39.8 Å². The van der Waals surface area contributed by atoms with Crippen molar-refractivity contribution in [2.24, 2.45) is 0 Å². The molecular formula is C9H6BrClN4S. The Kier molecular flexibility index (Phi) is 3.63. The van der Waals surface area contributed by atoms with Crippen LogP contribution in [-0.4, -0.2) is 15.0 Å². The number of halogens is 2. The van der Waals surface area contributed by atoms with Crippen LogP contribution in [0.2, 0.25) is 5.02 Å². The highest BCUT2D eigenvalue weighted by Gasteiger charge is 2.07. The summed E-state index contributed by atoms with van der Waals surface area (Å²) in [6, 6.07) is 5.16. The summed E-state index contributed by atoms with van der Waals surface area (Å²) in [6.45, 7) is 0. The molecule has 0 amide bonds. The number of nitrogens with zero attached hydrogens (tertiary/aromatic N) is 3. The Morgan fingerprint density at radius 3 is 2.88 bits per heavy atom. The van der Waals surface area contributed by atoms with E-state index < -0.39 is 0 Å². The van der Waals surface area contributed by atoms with Gasteiger partial charge in [0, 0.05) is 12.3 Å². The average molecular weight is 318 g/mol. The standard InChI is InChI=1S/C9H6BrClN4S/c10-6-4-7(12)15-9(14-6)16-8-5(11)2-1-3-13-8/h1-4H,(H2,12,14,15). The van der Waals surface area contributed by atoms with E-state index in [1.54, 1.807) is 24.4 Å². The van der Waals surface area contributed by atoms with Gasteiger partial charge in [-0.25, -0.2) is 15.0 Å². The van der Waals surface area contributed by atoms with Gasteiger partial charge in [0.25, 0.3) is 0 Å². The van der Waals surface area contributed by atoms with Crippen molar-refractivity contribution in [3.05, 3.63) is 34.0 Å². The number of nitrogens with two attached hydrogens (primary N) is 1. The molecule has 0 aliphatic carbocycles. The van der Waals surface area contributed by atoms with Crippen LogP contribution in [0.25, 0.3) is 0 Å². The van der Waals surface area contributed by atoms with E-state index in [0.717, 1.165) is 0 Å². The molecule has 82 valence electrons. The predicted molar refractivity (Wildman–Crippen MR) is 67.5 cm³/mol. The number of hydrogen-bond donors (Lipinski definition) is 1. The summed E-state index contributed by atoms with van der Waals surface area (Å²) in [5.74, 6) is 0.399. The van der Waals surface area contributed by atoms with E-state index in [-0.39, 0.29) is 0 Å². The molecular weight excluding hydrogens is 312 g/mol. The third-order valence-electron chi connectivity index (χ3n) is 1.61. The maximum absolute atomic E-state index is 5.97. The Morgan fingerprint density at radius 2 is 2.19 bits per heavy atom. The Morgan fingerprint density at radius 1 is 1.38 bits per heavy atom. The summed E-state index contributed by atoms with van der Waals surface area (Å²) in [5.41, 5.74) is 5.60. The van der Waals surface area contributed by atoms with Crippen molar-refractivity contribution in [2.75, 3.05) is 5.73 Å². The van der Waals surface area contributed by atoms with Gasteiger partial charge in [-0.3, -0.25) is 0 Å². The molecule has 0 bridgehead atoms. The van der Waals surface area contributed by atoms with Crippen LogP contribution in [0, 0.1) is 0 Å². The van der Waals surface area contributed by atoms with Crippen LogP contribution in [0.15, 0.2) is 39.2 Å². The lowest BCUT2D eigenvalue weighted by Gasteiger charge is -2.02. The summed E-state index contributed by atoms with van der Waals surface area (Å²) < 4.78 is 0.634. The molecule has 7 heteroatoms. The van der Waals surface area contributed by atoms with Crippen molar-refractivity contribution in [3.8, 4) is 0 Å². The number of rotatable bonds is 2. The molecule has 0 aliphatic rings. The van der Waals surface area contributed by atoms with Crippen LogP contribution < -0.4 is 5.73 Å². The third-order valence-corrected chi connectivity index (χ3v) is 3.31. The molecule has 0 fully saturated rings. The monoisotopic (exact) mass is 316 g/mol. The molecule has 2 N–H and O–H groups in total. The molecule has 16 heavy (non-hydrogen) atoms. The molecule has 0 spiro atoms. The number of aromatic nitrogens is 3. The minimum atomic E-state index is 0.399. The number of pyridine rings is 1. The van der Waals surface area contributed by atoms with Gasteiger partial charge in [0.15, 0.2) is 5.16 Å². The van der Waals surface area contributed by atoms with Crippen molar-refractivity contribution >= 4 is 45.1 Å². The minimum Gasteiger partial charge on any atom is -0.384 e. The summed E-state index contributed by atoms with van der Waals surface area (Å²) in [4.78, 5) is 12.4. The van der Waals surface area contributed by atoms with E-state index in [1.807, 2.05) is 0 Å². The molecule has 0 saturated carbocycles. The summed E-state index contributed by atoms with van der Waals surface area (Å²) in [5, 5.41) is 1.73. The van der Waals surface area contributed by atoms with Crippen LogP contribution in [0.3, 0.4) is 0 Å². The van der Waals surface area contributed by atoms with E-state index in [2.05, 4.69) is 30.9 Å². The van der Waals surface area contributed by atoms with E-state index in [0.29, 0.717) is 25.6 Å². The highest BCUT2D eigenvalue weighted by molar-refractivity contribution is 9.10. The molecule has 2 aromatic heterocycles. The van der Waals surface area contributed by atoms with Crippen LogP contribution in [-0.2, 0) is 0 Å². The van der Waals surface area contributed by atoms with E-state index in [9.17, 15) is 0 Å². The molecule has 2 rings (SSSR count). The number of nitrogen functional groups attached to an aromatic ring is 1. The van der Waals surface area contributed by atoms with Crippen molar-refractivity contribution in [3.63, 3.8) is 0 Å². The van der Waals surface area contributed by atoms with Gasteiger partial charge in [0.2, 0.25) is 0 Å². The lowest BCUT2D eigenvalue weighted by atomic mass is 10.5. The zero-order chi connectivity index (χ0) is 11.5. The first-order valence-electron chi connectivity index (χ1n) is 4.23. The quantitative estimate of drug-likeness (QED) is 0.681. The van der Waals surface area contributed by atoms with Crippen molar-refractivity contribution in [1.82, 2.24) is 15.0 Å². The fraction of sp³-hybridized carbons (Fsp3) is 0. The second-order valence-corrected chi connectivity index (χ2v) is 4.97. The van der Waals surface area contributed by atoms with Crippen LogP contribution in [0.5, 0.6) is 0 Å². The van der Waals surface area contributed by atoms with Gasteiger partial charge >= 0.3 is 0 Å². The van der Waals surface area contributed by atoms with Gasteiger partial charge in [-0.15, -0.1) is 0 Å². The maximum Gasteiger partial charge on any atom is 0.197 e. The number of anilines is 1. The van der Waals surface area contributed by atoms with Gasteiger partial charge in [-0.1, -0.05) is 11.6 Å². The third kappa shape index (κ3) is 2.84. The first-order chi connectivity index (χ1) is 7.65. The highest BCUT2D eigenvalue weighted by atomic mass is 79.9.